The standard InChI is InChI=1S/C27H45BrO/c1-17(2)7-6-8-18(3)21-11-12-22-20-10-9-19-15-25(29)24(28)16-27(19,5)23(20)13-14-26(21,22)4/h17-24H,6-16H2,1-5H3/t18-,19?,20+,21-,22+,23+,24-,26-,27+/m1/s1. The second-order valence-electron chi connectivity index (χ2n) is 12.5. The lowest BCUT2D eigenvalue weighted by molar-refractivity contribution is -0.139. The van der Waals surface area contributed by atoms with Gasteiger partial charge >= 0.3 is 0 Å². The average molecular weight is 466 g/mol. The minimum atomic E-state index is 0.119. The number of carbonyl (C=O) groups excluding carboxylic acids is 1. The van der Waals surface area contributed by atoms with Crippen molar-refractivity contribution < 1.29 is 4.79 Å². The average Bonchev–Trinajstić information content (AvgIpc) is 3.00. The van der Waals surface area contributed by atoms with Crippen LogP contribution < -0.4 is 0 Å². The maximum atomic E-state index is 12.4. The Morgan fingerprint density at radius 1 is 0.966 bits per heavy atom. The van der Waals surface area contributed by atoms with Gasteiger partial charge in [0.15, 0.2) is 0 Å². The van der Waals surface area contributed by atoms with Crippen molar-refractivity contribution >= 4 is 21.7 Å². The van der Waals surface area contributed by atoms with Crippen LogP contribution in [0.3, 0.4) is 0 Å². The minimum Gasteiger partial charge on any atom is -0.298 e. The summed E-state index contributed by atoms with van der Waals surface area (Å²) in [7, 11) is 0. The molecule has 2 heteroatoms. The van der Waals surface area contributed by atoms with Crippen molar-refractivity contribution in [3.8, 4) is 0 Å². The fraction of sp³-hybridized carbons (Fsp3) is 0.963. The fourth-order valence-electron chi connectivity index (χ4n) is 9.08. The Labute approximate surface area is 188 Å². The van der Waals surface area contributed by atoms with E-state index in [2.05, 4.69) is 50.5 Å². The van der Waals surface area contributed by atoms with Gasteiger partial charge in [-0.2, -0.15) is 0 Å². The number of hydrogen-bond acceptors (Lipinski definition) is 1. The van der Waals surface area contributed by atoms with Gasteiger partial charge in [-0.05, 0) is 97.2 Å². The van der Waals surface area contributed by atoms with Gasteiger partial charge < -0.3 is 0 Å². The molecule has 4 rings (SSSR count). The van der Waals surface area contributed by atoms with Gasteiger partial charge in [0, 0.05) is 6.42 Å². The van der Waals surface area contributed by atoms with E-state index in [4.69, 9.17) is 0 Å². The highest BCUT2D eigenvalue weighted by Gasteiger charge is 2.61. The van der Waals surface area contributed by atoms with Crippen LogP contribution in [0.25, 0.3) is 0 Å². The predicted molar refractivity (Wildman–Crippen MR) is 126 cm³/mol. The molecule has 4 fully saturated rings. The van der Waals surface area contributed by atoms with Crippen LogP contribution in [0.1, 0.15) is 105 Å². The minimum absolute atomic E-state index is 0.119. The van der Waals surface area contributed by atoms with Crippen LogP contribution in [0, 0.1) is 52.3 Å². The molecule has 4 aliphatic carbocycles. The molecule has 0 bridgehead atoms. The fourth-order valence-corrected chi connectivity index (χ4v) is 9.97. The lowest BCUT2D eigenvalue weighted by atomic mass is 9.44. The van der Waals surface area contributed by atoms with Gasteiger partial charge in [-0.15, -0.1) is 0 Å². The van der Waals surface area contributed by atoms with Crippen LogP contribution in [0.2, 0.25) is 0 Å². The Hall–Kier alpha value is 0.150. The summed E-state index contributed by atoms with van der Waals surface area (Å²) in [6.45, 7) is 12.6. The largest absolute Gasteiger partial charge is 0.298 e. The van der Waals surface area contributed by atoms with E-state index < -0.39 is 0 Å². The maximum Gasteiger partial charge on any atom is 0.146 e. The number of ketones is 1. The molecule has 0 amide bonds. The van der Waals surface area contributed by atoms with E-state index >= 15 is 0 Å². The third-order valence-corrected chi connectivity index (χ3v) is 11.5. The zero-order chi connectivity index (χ0) is 21.0. The smallest absolute Gasteiger partial charge is 0.146 e. The third kappa shape index (κ3) is 3.80. The van der Waals surface area contributed by atoms with Gasteiger partial charge in [-0.1, -0.05) is 69.8 Å². The molecule has 0 spiro atoms. The van der Waals surface area contributed by atoms with Gasteiger partial charge in [0.05, 0.1) is 4.83 Å². The number of Topliss-reactive ketones (excluding diaryl/α,β-unsaturated/α-hetero) is 1. The highest BCUT2D eigenvalue weighted by Crippen LogP contribution is 2.68. The van der Waals surface area contributed by atoms with E-state index in [1.807, 2.05) is 0 Å². The number of hydrogen-bond donors (Lipinski definition) is 0. The normalized spacial score (nSPS) is 48.2. The van der Waals surface area contributed by atoms with Crippen molar-refractivity contribution in [1.29, 1.82) is 0 Å². The first-order valence-corrected chi connectivity index (χ1v) is 13.7. The molecule has 0 radical (unpaired) electrons. The second-order valence-corrected chi connectivity index (χ2v) is 13.6. The lowest BCUT2D eigenvalue weighted by Gasteiger charge is -2.61. The van der Waals surface area contributed by atoms with Crippen molar-refractivity contribution in [2.45, 2.75) is 110 Å². The Morgan fingerprint density at radius 2 is 1.69 bits per heavy atom. The summed E-state index contributed by atoms with van der Waals surface area (Å²) in [5.41, 5.74) is 0.979. The van der Waals surface area contributed by atoms with E-state index in [0.717, 1.165) is 48.3 Å². The number of carbonyl (C=O) groups is 1. The Kier molecular flexibility index (Phi) is 6.36. The molecule has 1 unspecified atom stereocenters. The van der Waals surface area contributed by atoms with Crippen molar-refractivity contribution in [2.75, 3.05) is 0 Å². The molecule has 0 N–H and O–H groups in total. The number of alkyl halides is 1. The van der Waals surface area contributed by atoms with Crippen LogP contribution in [0.15, 0.2) is 0 Å². The molecule has 0 saturated heterocycles. The lowest BCUT2D eigenvalue weighted by Crippen LogP contribution is -2.55. The summed E-state index contributed by atoms with van der Waals surface area (Å²) in [6, 6.07) is 0. The van der Waals surface area contributed by atoms with Crippen molar-refractivity contribution in [3.05, 3.63) is 0 Å². The molecule has 1 nitrogen and oxygen atoms in total. The topological polar surface area (TPSA) is 17.1 Å². The van der Waals surface area contributed by atoms with E-state index in [9.17, 15) is 4.79 Å². The van der Waals surface area contributed by atoms with Gasteiger partial charge in [0.2, 0.25) is 0 Å². The Morgan fingerprint density at radius 3 is 2.41 bits per heavy atom. The van der Waals surface area contributed by atoms with Crippen LogP contribution in [0.4, 0.5) is 0 Å². The molecule has 0 aromatic heterocycles. The summed E-state index contributed by atoms with van der Waals surface area (Å²) in [6.07, 6.45) is 14.7. The summed E-state index contributed by atoms with van der Waals surface area (Å²) >= 11 is 3.75. The van der Waals surface area contributed by atoms with E-state index in [1.165, 1.54) is 57.8 Å². The molecule has 0 aromatic carbocycles. The quantitative estimate of drug-likeness (QED) is 0.375. The number of fused-ring (bicyclic) bond motifs is 5. The molecule has 29 heavy (non-hydrogen) atoms. The van der Waals surface area contributed by atoms with Gasteiger partial charge in [0.25, 0.3) is 0 Å². The second kappa shape index (κ2) is 8.25. The first-order valence-electron chi connectivity index (χ1n) is 12.8. The first-order chi connectivity index (χ1) is 13.7. The molecule has 0 aliphatic heterocycles. The Bertz CT molecular complexity index is 614. The van der Waals surface area contributed by atoms with E-state index in [1.54, 1.807) is 0 Å². The molecular weight excluding hydrogens is 420 g/mol. The van der Waals surface area contributed by atoms with Crippen LogP contribution in [-0.4, -0.2) is 10.6 Å². The third-order valence-electron chi connectivity index (χ3n) is 10.7. The predicted octanol–water partition coefficient (Wildman–Crippen LogP) is 8.05. The molecule has 9 atom stereocenters. The van der Waals surface area contributed by atoms with E-state index in [0.29, 0.717) is 22.5 Å². The van der Waals surface area contributed by atoms with Gasteiger partial charge in [0.1, 0.15) is 5.78 Å². The monoisotopic (exact) mass is 464 g/mol. The van der Waals surface area contributed by atoms with Crippen LogP contribution in [0.5, 0.6) is 0 Å². The zero-order valence-corrected chi connectivity index (χ0v) is 21.3. The Balaban J connectivity index is 1.48. The zero-order valence-electron chi connectivity index (χ0n) is 19.7. The highest BCUT2D eigenvalue weighted by atomic mass is 79.9. The SMILES string of the molecule is CC(C)CCC[C@@H](C)[C@H]1CC[C@H]2[C@@H]3CCC4CC(=O)[C@H](Br)C[C@]4(C)[C@H]3CC[C@]12C. The van der Waals surface area contributed by atoms with Gasteiger partial charge in [-0.3, -0.25) is 4.79 Å². The van der Waals surface area contributed by atoms with Crippen molar-refractivity contribution in [2.24, 2.45) is 52.3 Å². The van der Waals surface area contributed by atoms with Crippen molar-refractivity contribution in [3.63, 3.8) is 0 Å². The molecule has 0 aromatic rings. The molecule has 0 heterocycles. The molecular formula is C27H45BrO. The number of rotatable bonds is 5. The summed E-state index contributed by atoms with van der Waals surface area (Å²) in [5, 5.41) is 0. The molecule has 4 aliphatic rings. The van der Waals surface area contributed by atoms with E-state index in [-0.39, 0.29) is 4.83 Å². The number of halogens is 1. The van der Waals surface area contributed by atoms with Crippen molar-refractivity contribution in [1.82, 2.24) is 0 Å². The summed E-state index contributed by atoms with van der Waals surface area (Å²) in [4.78, 5) is 12.5. The van der Waals surface area contributed by atoms with Crippen LogP contribution in [-0.2, 0) is 4.79 Å². The summed E-state index contributed by atoms with van der Waals surface area (Å²) in [5.74, 6) is 6.56. The van der Waals surface area contributed by atoms with Gasteiger partial charge in [-0.25, -0.2) is 0 Å². The summed E-state index contributed by atoms with van der Waals surface area (Å²) < 4.78 is 0. The maximum absolute atomic E-state index is 12.4. The molecule has 4 saturated carbocycles. The van der Waals surface area contributed by atoms with Crippen LogP contribution >= 0.6 is 15.9 Å². The highest BCUT2D eigenvalue weighted by molar-refractivity contribution is 9.10. The first kappa shape index (κ1) is 22.3. The molecule has 166 valence electrons.